The van der Waals surface area contributed by atoms with Crippen LogP contribution in [0.25, 0.3) is 0 Å². The molecule has 5 nitrogen and oxygen atoms in total. The molecule has 0 spiro atoms. The highest BCUT2D eigenvalue weighted by molar-refractivity contribution is 7.95. The predicted molar refractivity (Wildman–Crippen MR) is 75.3 cm³/mol. The van der Waals surface area contributed by atoms with Gasteiger partial charge in [0.2, 0.25) is 0 Å². The Morgan fingerprint density at radius 1 is 1.00 bits per heavy atom. The average Bonchev–Trinajstić information content (AvgIpc) is 2.36. The van der Waals surface area contributed by atoms with Gasteiger partial charge >= 0.3 is 0 Å². The smallest absolute Gasteiger partial charge is 0.179 e. The molecule has 0 radical (unpaired) electrons. The lowest BCUT2D eigenvalue weighted by atomic mass is 10.2. The third-order valence-electron chi connectivity index (χ3n) is 2.87. The molecular formula is C12H19NO4S2. The maximum atomic E-state index is 12.0. The van der Waals surface area contributed by atoms with Crippen LogP contribution >= 0.6 is 0 Å². The molecule has 0 heterocycles. The summed E-state index contributed by atoms with van der Waals surface area (Å²) in [7, 11) is -6.92. The van der Waals surface area contributed by atoms with E-state index < -0.39 is 30.7 Å². The van der Waals surface area contributed by atoms with Gasteiger partial charge in [-0.15, -0.1) is 0 Å². The van der Waals surface area contributed by atoms with E-state index in [1.165, 1.54) is 26.0 Å². The molecule has 0 saturated heterocycles. The van der Waals surface area contributed by atoms with Crippen molar-refractivity contribution in [3.63, 3.8) is 0 Å². The molecule has 1 aromatic carbocycles. The molecule has 0 bridgehead atoms. The van der Waals surface area contributed by atoms with Crippen molar-refractivity contribution in [1.82, 2.24) is 0 Å². The van der Waals surface area contributed by atoms with Gasteiger partial charge in [-0.25, -0.2) is 16.8 Å². The highest BCUT2D eigenvalue weighted by atomic mass is 32.2. The Morgan fingerprint density at radius 3 is 1.95 bits per heavy atom. The monoisotopic (exact) mass is 305 g/mol. The minimum Gasteiger partial charge on any atom is -0.326 e. The first kappa shape index (κ1) is 16.1. The van der Waals surface area contributed by atoms with E-state index in [1.54, 1.807) is 12.1 Å². The van der Waals surface area contributed by atoms with Crippen molar-refractivity contribution >= 4 is 19.7 Å². The molecule has 0 amide bonds. The molecule has 0 unspecified atom stereocenters. The number of sulfone groups is 2. The minimum atomic E-state index is -3.57. The van der Waals surface area contributed by atoms with Gasteiger partial charge in [-0.3, -0.25) is 0 Å². The molecule has 7 heteroatoms. The zero-order chi connectivity index (χ0) is 14.7. The average molecular weight is 305 g/mol. The van der Waals surface area contributed by atoms with Crippen LogP contribution in [0.2, 0.25) is 0 Å². The van der Waals surface area contributed by atoms with Crippen LogP contribution < -0.4 is 5.73 Å². The van der Waals surface area contributed by atoms with Gasteiger partial charge in [-0.2, -0.15) is 0 Å². The fraction of sp³-hybridized carbons (Fsp3) is 0.500. The number of nitrogens with two attached hydrogens (primary N) is 1. The Kier molecular flexibility index (Phi) is 5.11. The van der Waals surface area contributed by atoms with Crippen LogP contribution in [0.1, 0.15) is 19.4 Å². The van der Waals surface area contributed by atoms with Crippen LogP contribution in [0.15, 0.2) is 29.2 Å². The van der Waals surface area contributed by atoms with Crippen molar-refractivity contribution in [2.75, 3.05) is 11.5 Å². The molecule has 0 fully saturated rings. The second-order valence-corrected chi connectivity index (χ2v) is 9.37. The van der Waals surface area contributed by atoms with E-state index in [1.807, 2.05) is 0 Å². The Morgan fingerprint density at radius 2 is 1.53 bits per heavy atom. The van der Waals surface area contributed by atoms with E-state index in [0.717, 1.165) is 5.56 Å². The van der Waals surface area contributed by atoms with E-state index in [-0.39, 0.29) is 10.6 Å². The van der Waals surface area contributed by atoms with E-state index in [0.29, 0.717) is 6.54 Å². The normalized spacial score (nSPS) is 12.8. The summed E-state index contributed by atoms with van der Waals surface area (Å²) in [6.07, 6.45) is 0. The lowest BCUT2D eigenvalue weighted by molar-refractivity contribution is 0.582. The molecule has 2 N–H and O–H groups in total. The second-order valence-electron chi connectivity index (χ2n) is 4.58. The SMILES string of the molecule is CC(C)S(=O)(=O)CCS(=O)(=O)c1ccc(CN)cc1. The lowest BCUT2D eigenvalue weighted by Gasteiger charge is -2.08. The van der Waals surface area contributed by atoms with Gasteiger partial charge in [0, 0.05) is 6.54 Å². The summed E-state index contributed by atoms with van der Waals surface area (Å²) >= 11 is 0. The Hall–Kier alpha value is -0.920. The molecule has 1 aromatic rings. The Balaban J connectivity index is 2.87. The largest absolute Gasteiger partial charge is 0.326 e. The van der Waals surface area contributed by atoms with Gasteiger partial charge in [-0.1, -0.05) is 12.1 Å². The quantitative estimate of drug-likeness (QED) is 0.836. The third-order valence-corrected chi connectivity index (χ3v) is 7.07. The van der Waals surface area contributed by atoms with Crippen LogP contribution in [-0.4, -0.2) is 33.6 Å². The van der Waals surface area contributed by atoms with E-state index >= 15 is 0 Å². The Bertz CT molecular complexity index is 616. The summed E-state index contributed by atoms with van der Waals surface area (Å²) in [5.41, 5.74) is 6.26. The first-order valence-corrected chi connectivity index (χ1v) is 9.29. The maximum Gasteiger partial charge on any atom is 0.179 e. The fourth-order valence-electron chi connectivity index (χ4n) is 1.41. The Labute approximate surface area is 114 Å². The van der Waals surface area contributed by atoms with Crippen LogP contribution in [0.4, 0.5) is 0 Å². The summed E-state index contributed by atoms with van der Waals surface area (Å²) in [4.78, 5) is 0.128. The summed E-state index contributed by atoms with van der Waals surface area (Å²) in [5, 5.41) is -0.567. The zero-order valence-corrected chi connectivity index (χ0v) is 12.7. The summed E-state index contributed by atoms with van der Waals surface area (Å²) in [6.45, 7) is 3.41. The van der Waals surface area contributed by atoms with Crippen LogP contribution in [0, 0.1) is 0 Å². The van der Waals surface area contributed by atoms with Gasteiger partial charge < -0.3 is 5.73 Å². The van der Waals surface area contributed by atoms with Crippen LogP contribution in [0.3, 0.4) is 0 Å². The molecule has 19 heavy (non-hydrogen) atoms. The van der Waals surface area contributed by atoms with E-state index in [4.69, 9.17) is 5.73 Å². The molecule has 0 aliphatic heterocycles. The fourth-order valence-corrected chi connectivity index (χ4v) is 4.48. The standard InChI is InChI=1S/C12H19NO4S2/c1-10(2)18(14,15)7-8-19(16,17)12-5-3-11(9-13)4-6-12/h3-6,10H,7-9,13H2,1-2H3. The van der Waals surface area contributed by atoms with Gasteiger partial charge in [0.05, 0.1) is 21.7 Å². The van der Waals surface area contributed by atoms with Gasteiger partial charge in [0.1, 0.15) is 0 Å². The molecule has 1 rings (SSSR count). The third kappa shape index (κ3) is 4.29. The van der Waals surface area contributed by atoms with Gasteiger partial charge in [0.15, 0.2) is 19.7 Å². The van der Waals surface area contributed by atoms with Crippen molar-refractivity contribution in [1.29, 1.82) is 0 Å². The van der Waals surface area contributed by atoms with E-state index in [2.05, 4.69) is 0 Å². The topological polar surface area (TPSA) is 94.3 Å². The summed E-state index contributed by atoms with van der Waals surface area (Å²) < 4.78 is 47.3. The second kappa shape index (κ2) is 6.02. The number of hydrogen-bond acceptors (Lipinski definition) is 5. The maximum absolute atomic E-state index is 12.0. The summed E-state index contributed by atoms with van der Waals surface area (Å²) in [5.74, 6) is -0.749. The number of benzene rings is 1. The van der Waals surface area contributed by atoms with Crippen molar-refractivity contribution in [3.8, 4) is 0 Å². The zero-order valence-electron chi connectivity index (χ0n) is 11.0. The van der Waals surface area contributed by atoms with E-state index in [9.17, 15) is 16.8 Å². The first-order chi connectivity index (χ1) is 8.69. The van der Waals surface area contributed by atoms with Crippen molar-refractivity contribution in [2.24, 2.45) is 5.73 Å². The lowest BCUT2D eigenvalue weighted by Crippen LogP contribution is -2.23. The molecule has 0 aliphatic rings. The first-order valence-electron chi connectivity index (χ1n) is 5.92. The van der Waals surface area contributed by atoms with Crippen molar-refractivity contribution in [3.05, 3.63) is 29.8 Å². The van der Waals surface area contributed by atoms with Crippen LogP contribution in [0.5, 0.6) is 0 Å². The van der Waals surface area contributed by atoms with Crippen molar-refractivity contribution in [2.45, 2.75) is 30.5 Å². The highest BCUT2D eigenvalue weighted by Gasteiger charge is 2.22. The molecule has 0 aliphatic carbocycles. The highest BCUT2D eigenvalue weighted by Crippen LogP contribution is 2.13. The summed E-state index contributed by atoms with van der Waals surface area (Å²) in [6, 6.07) is 6.17. The van der Waals surface area contributed by atoms with Crippen LogP contribution in [-0.2, 0) is 26.2 Å². The number of rotatable bonds is 6. The predicted octanol–water partition coefficient (Wildman–Crippen LogP) is 0.742. The van der Waals surface area contributed by atoms with Crippen molar-refractivity contribution < 1.29 is 16.8 Å². The molecular weight excluding hydrogens is 286 g/mol. The van der Waals surface area contributed by atoms with Gasteiger partial charge in [0.25, 0.3) is 0 Å². The molecule has 108 valence electrons. The molecule has 0 saturated carbocycles. The minimum absolute atomic E-state index is 0.128. The molecule has 0 atom stereocenters. The molecule has 0 aromatic heterocycles. The number of hydrogen-bond donors (Lipinski definition) is 1. The van der Waals surface area contributed by atoms with Gasteiger partial charge in [-0.05, 0) is 31.5 Å².